The second-order valence-electron chi connectivity index (χ2n) is 5.54. The summed E-state index contributed by atoms with van der Waals surface area (Å²) in [5.41, 5.74) is 1.83. The maximum Gasteiger partial charge on any atom is 0.305 e. The van der Waals surface area contributed by atoms with Crippen molar-refractivity contribution < 1.29 is 14.7 Å². The second-order valence-corrected chi connectivity index (χ2v) is 6.45. The van der Waals surface area contributed by atoms with Gasteiger partial charge in [0.25, 0.3) is 5.91 Å². The van der Waals surface area contributed by atoms with Crippen LogP contribution in [0.25, 0.3) is 0 Å². The standard InChI is InChI=1S/C16H18BrN3O3/c1-9(2)12-7-14(20-19-12)16(23)18-13(8-15(21)22)10-3-5-11(17)6-4-10/h3-7,9,13H,8H2,1-2H3,(H,18,23)(H,19,20)(H,21,22). The third-order valence-corrected chi connectivity index (χ3v) is 3.94. The van der Waals surface area contributed by atoms with Crippen molar-refractivity contribution in [2.45, 2.75) is 32.2 Å². The number of aromatic amines is 1. The van der Waals surface area contributed by atoms with Crippen molar-refractivity contribution in [2.24, 2.45) is 0 Å². The summed E-state index contributed by atoms with van der Waals surface area (Å²) in [5, 5.41) is 18.6. The Hall–Kier alpha value is -2.15. The van der Waals surface area contributed by atoms with Crippen LogP contribution in [0.3, 0.4) is 0 Å². The molecule has 1 aromatic carbocycles. The molecular formula is C16H18BrN3O3. The molecule has 0 fully saturated rings. The molecule has 0 radical (unpaired) electrons. The molecule has 7 heteroatoms. The van der Waals surface area contributed by atoms with Crippen LogP contribution in [0.5, 0.6) is 0 Å². The summed E-state index contributed by atoms with van der Waals surface area (Å²) in [6.07, 6.45) is -0.200. The van der Waals surface area contributed by atoms with E-state index in [4.69, 9.17) is 5.11 Å². The SMILES string of the molecule is CC(C)c1cc(C(=O)NC(CC(=O)O)c2ccc(Br)cc2)n[nH]1. The summed E-state index contributed by atoms with van der Waals surface area (Å²) in [7, 11) is 0. The number of aromatic nitrogens is 2. The van der Waals surface area contributed by atoms with E-state index in [0.717, 1.165) is 15.7 Å². The minimum Gasteiger partial charge on any atom is -0.481 e. The molecule has 1 atom stereocenters. The third-order valence-electron chi connectivity index (χ3n) is 3.41. The molecule has 23 heavy (non-hydrogen) atoms. The van der Waals surface area contributed by atoms with E-state index < -0.39 is 17.9 Å². The maximum atomic E-state index is 12.3. The van der Waals surface area contributed by atoms with Gasteiger partial charge in [0, 0.05) is 10.2 Å². The summed E-state index contributed by atoms with van der Waals surface area (Å²) in [5.74, 6) is -1.16. The molecule has 1 heterocycles. The van der Waals surface area contributed by atoms with Crippen molar-refractivity contribution in [3.05, 3.63) is 51.8 Å². The molecule has 1 aromatic heterocycles. The first kappa shape index (κ1) is 17.2. The highest BCUT2D eigenvalue weighted by Crippen LogP contribution is 2.20. The minimum absolute atomic E-state index is 0.200. The zero-order valence-electron chi connectivity index (χ0n) is 12.8. The molecule has 122 valence electrons. The van der Waals surface area contributed by atoms with Crippen LogP contribution >= 0.6 is 15.9 Å². The molecule has 0 aliphatic heterocycles. The number of halogens is 1. The number of carboxylic acids is 1. The lowest BCUT2D eigenvalue weighted by Crippen LogP contribution is -2.30. The lowest BCUT2D eigenvalue weighted by molar-refractivity contribution is -0.137. The molecule has 0 spiro atoms. The van der Waals surface area contributed by atoms with Gasteiger partial charge in [0.1, 0.15) is 5.69 Å². The Bertz CT molecular complexity index is 695. The van der Waals surface area contributed by atoms with E-state index in [1.807, 2.05) is 26.0 Å². The Kier molecular flexibility index (Phi) is 5.54. The van der Waals surface area contributed by atoms with Crippen LogP contribution in [0.2, 0.25) is 0 Å². The van der Waals surface area contributed by atoms with Crippen LogP contribution in [0.4, 0.5) is 0 Å². The number of rotatable bonds is 6. The maximum absolute atomic E-state index is 12.3. The zero-order chi connectivity index (χ0) is 17.0. The van der Waals surface area contributed by atoms with E-state index in [-0.39, 0.29) is 18.0 Å². The van der Waals surface area contributed by atoms with Gasteiger partial charge in [-0.1, -0.05) is 41.9 Å². The number of benzene rings is 1. The van der Waals surface area contributed by atoms with Crippen molar-refractivity contribution in [1.82, 2.24) is 15.5 Å². The number of H-pyrrole nitrogens is 1. The average Bonchev–Trinajstić information content (AvgIpc) is 2.97. The second kappa shape index (κ2) is 7.41. The first-order valence-corrected chi connectivity index (χ1v) is 7.99. The van der Waals surface area contributed by atoms with Crippen molar-refractivity contribution in [2.75, 3.05) is 0 Å². The van der Waals surface area contributed by atoms with Gasteiger partial charge in [-0.25, -0.2) is 0 Å². The fraction of sp³-hybridized carbons (Fsp3) is 0.312. The fourth-order valence-electron chi connectivity index (χ4n) is 2.10. The van der Waals surface area contributed by atoms with Gasteiger partial charge in [-0.2, -0.15) is 5.10 Å². The number of hydrogen-bond donors (Lipinski definition) is 3. The number of carbonyl (C=O) groups excluding carboxylic acids is 1. The van der Waals surface area contributed by atoms with E-state index in [2.05, 4.69) is 31.4 Å². The van der Waals surface area contributed by atoms with Crippen LogP contribution < -0.4 is 5.32 Å². The Morgan fingerprint density at radius 2 is 1.96 bits per heavy atom. The van der Waals surface area contributed by atoms with Gasteiger partial charge in [0.15, 0.2) is 0 Å². The number of hydrogen-bond acceptors (Lipinski definition) is 3. The Morgan fingerprint density at radius 3 is 2.48 bits per heavy atom. The van der Waals surface area contributed by atoms with Gasteiger partial charge < -0.3 is 10.4 Å². The van der Waals surface area contributed by atoms with Gasteiger partial charge in [0.05, 0.1) is 12.5 Å². The smallest absolute Gasteiger partial charge is 0.305 e. The highest BCUT2D eigenvalue weighted by atomic mass is 79.9. The highest BCUT2D eigenvalue weighted by molar-refractivity contribution is 9.10. The van der Waals surface area contributed by atoms with Gasteiger partial charge in [0.2, 0.25) is 0 Å². The summed E-state index contributed by atoms with van der Waals surface area (Å²) >= 11 is 3.33. The molecule has 6 nitrogen and oxygen atoms in total. The molecule has 0 saturated carbocycles. The molecule has 2 aromatic rings. The van der Waals surface area contributed by atoms with Crippen LogP contribution in [-0.4, -0.2) is 27.2 Å². The number of carboxylic acid groups (broad SMARTS) is 1. The van der Waals surface area contributed by atoms with E-state index in [0.29, 0.717) is 0 Å². The van der Waals surface area contributed by atoms with Crippen molar-refractivity contribution in [3.63, 3.8) is 0 Å². The van der Waals surface area contributed by atoms with E-state index >= 15 is 0 Å². The number of nitrogens with one attached hydrogen (secondary N) is 2. The van der Waals surface area contributed by atoms with Crippen LogP contribution in [0.15, 0.2) is 34.8 Å². The van der Waals surface area contributed by atoms with Crippen LogP contribution in [0.1, 0.15) is 54.0 Å². The van der Waals surface area contributed by atoms with Gasteiger partial charge in [-0.15, -0.1) is 0 Å². The number of carbonyl (C=O) groups is 2. The van der Waals surface area contributed by atoms with Gasteiger partial charge in [-0.3, -0.25) is 14.7 Å². The fourth-order valence-corrected chi connectivity index (χ4v) is 2.37. The monoisotopic (exact) mass is 379 g/mol. The molecule has 0 bridgehead atoms. The Labute approximate surface area is 142 Å². The normalized spacial score (nSPS) is 12.2. The molecule has 3 N–H and O–H groups in total. The Balaban J connectivity index is 2.17. The van der Waals surface area contributed by atoms with E-state index in [1.165, 1.54) is 0 Å². The zero-order valence-corrected chi connectivity index (χ0v) is 14.4. The van der Waals surface area contributed by atoms with Crippen molar-refractivity contribution in [3.8, 4) is 0 Å². The van der Waals surface area contributed by atoms with E-state index in [1.54, 1.807) is 18.2 Å². The van der Waals surface area contributed by atoms with Gasteiger partial charge in [-0.05, 0) is 29.7 Å². The lowest BCUT2D eigenvalue weighted by atomic mass is 10.0. The minimum atomic E-state index is -0.983. The predicted octanol–water partition coefficient (Wildman–Crippen LogP) is 3.24. The number of aliphatic carboxylic acids is 1. The highest BCUT2D eigenvalue weighted by Gasteiger charge is 2.20. The Morgan fingerprint density at radius 1 is 1.30 bits per heavy atom. The predicted molar refractivity (Wildman–Crippen MR) is 89.3 cm³/mol. The molecule has 0 saturated heterocycles. The molecular weight excluding hydrogens is 362 g/mol. The number of nitrogens with zero attached hydrogens (tertiary/aromatic N) is 1. The van der Waals surface area contributed by atoms with Crippen molar-refractivity contribution >= 4 is 27.8 Å². The molecule has 1 unspecified atom stereocenters. The summed E-state index contributed by atoms with van der Waals surface area (Å²) in [6, 6.07) is 8.24. The van der Waals surface area contributed by atoms with E-state index in [9.17, 15) is 9.59 Å². The lowest BCUT2D eigenvalue weighted by Gasteiger charge is -2.16. The third kappa shape index (κ3) is 4.66. The largest absolute Gasteiger partial charge is 0.481 e. The molecule has 2 rings (SSSR count). The number of amides is 1. The first-order chi connectivity index (χ1) is 10.9. The van der Waals surface area contributed by atoms with Crippen molar-refractivity contribution in [1.29, 1.82) is 0 Å². The summed E-state index contributed by atoms with van der Waals surface area (Å²) < 4.78 is 0.885. The van der Waals surface area contributed by atoms with Gasteiger partial charge >= 0.3 is 5.97 Å². The quantitative estimate of drug-likeness (QED) is 0.717. The van der Waals surface area contributed by atoms with Crippen LogP contribution in [0, 0.1) is 0 Å². The average molecular weight is 380 g/mol. The molecule has 0 aliphatic carbocycles. The van der Waals surface area contributed by atoms with Crippen LogP contribution in [-0.2, 0) is 4.79 Å². The topological polar surface area (TPSA) is 95.1 Å². The first-order valence-electron chi connectivity index (χ1n) is 7.20. The molecule has 0 aliphatic rings. The summed E-state index contributed by atoms with van der Waals surface area (Å²) in [4.78, 5) is 23.4. The molecule has 1 amide bonds. The summed E-state index contributed by atoms with van der Waals surface area (Å²) in [6.45, 7) is 3.98.